The predicted octanol–water partition coefficient (Wildman–Crippen LogP) is 3.52. The lowest BCUT2D eigenvalue weighted by molar-refractivity contribution is 0.0954. The Labute approximate surface area is 151 Å². The van der Waals surface area contributed by atoms with Crippen LogP contribution >= 0.6 is 11.6 Å². The van der Waals surface area contributed by atoms with E-state index < -0.39 is 0 Å². The summed E-state index contributed by atoms with van der Waals surface area (Å²) in [7, 11) is 3.04. The minimum atomic E-state index is -0.366. The Morgan fingerprint density at radius 3 is 2.48 bits per heavy atom. The van der Waals surface area contributed by atoms with Gasteiger partial charge in [0.2, 0.25) is 0 Å². The summed E-state index contributed by atoms with van der Waals surface area (Å²) >= 11 is 6.11. The third-order valence-electron chi connectivity index (χ3n) is 3.28. The van der Waals surface area contributed by atoms with Gasteiger partial charge in [-0.15, -0.1) is 0 Å². The van der Waals surface area contributed by atoms with Crippen molar-refractivity contribution < 1.29 is 19.0 Å². The molecule has 0 heterocycles. The average molecular weight is 363 g/mol. The fourth-order valence-corrected chi connectivity index (χ4v) is 2.32. The van der Waals surface area contributed by atoms with Crippen molar-refractivity contribution in [3.63, 3.8) is 0 Å². The molecular formula is C18H19ClN2O4. The van der Waals surface area contributed by atoms with E-state index in [-0.39, 0.29) is 5.91 Å². The summed E-state index contributed by atoms with van der Waals surface area (Å²) in [5.41, 5.74) is 3.59. The van der Waals surface area contributed by atoms with Gasteiger partial charge in [0.1, 0.15) is 5.75 Å². The standard InChI is InChI=1S/C18H19ClN2O4/c1-4-25-15-7-5-12(9-14(15)19)11-20-21-18(22)13-6-8-16(23-2)17(10-13)24-3/h5-11H,4H2,1-3H3,(H,21,22)/b20-11+. The number of halogens is 1. The molecule has 0 bridgehead atoms. The molecule has 0 aliphatic heterocycles. The Bertz CT molecular complexity index is 778. The summed E-state index contributed by atoms with van der Waals surface area (Å²) in [6.07, 6.45) is 1.50. The second-order valence-corrected chi connectivity index (χ2v) is 5.30. The van der Waals surface area contributed by atoms with E-state index in [9.17, 15) is 4.79 Å². The number of hydrogen-bond donors (Lipinski definition) is 1. The number of carbonyl (C=O) groups is 1. The van der Waals surface area contributed by atoms with Gasteiger partial charge in [0, 0.05) is 5.56 Å². The number of rotatable bonds is 7. The smallest absolute Gasteiger partial charge is 0.271 e. The number of hydrogen-bond acceptors (Lipinski definition) is 5. The fraction of sp³-hybridized carbons (Fsp3) is 0.222. The Kier molecular flexibility index (Phi) is 6.65. The van der Waals surface area contributed by atoms with E-state index in [0.717, 1.165) is 5.56 Å². The molecule has 0 saturated heterocycles. The zero-order valence-corrected chi connectivity index (χ0v) is 15.0. The van der Waals surface area contributed by atoms with Gasteiger partial charge in [0.25, 0.3) is 5.91 Å². The lowest BCUT2D eigenvalue weighted by Crippen LogP contribution is -2.17. The topological polar surface area (TPSA) is 69.2 Å². The Balaban J connectivity index is 2.04. The van der Waals surface area contributed by atoms with Crippen LogP contribution in [-0.4, -0.2) is 32.9 Å². The normalized spacial score (nSPS) is 10.6. The summed E-state index contributed by atoms with van der Waals surface area (Å²) in [4.78, 5) is 12.1. The summed E-state index contributed by atoms with van der Waals surface area (Å²) < 4.78 is 15.7. The minimum absolute atomic E-state index is 0.366. The highest BCUT2D eigenvalue weighted by Crippen LogP contribution is 2.27. The van der Waals surface area contributed by atoms with Gasteiger partial charge < -0.3 is 14.2 Å². The third-order valence-corrected chi connectivity index (χ3v) is 3.58. The van der Waals surface area contributed by atoms with Crippen molar-refractivity contribution in [2.24, 2.45) is 5.10 Å². The lowest BCUT2D eigenvalue weighted by atomic mass is 10.2. The molecule has 0 spiro atoms. The second kappa shape index (κ2) is 8.94. The van der Waals surface area contributed by atoms with Crippen LogP contribution in [0.5, 0.6) is 17.2 Å². The monoisotopic (exact) mass is 362 g/mol. The summed E-state index contributed by atoms with van der Waals surface area (Å²) in [6, 6.07) is 10.1. The number of nitrogens with one attached hydrogen (secondary N) is 1. The van der Waals surface area contributed by atoms with E-state index in [4.69, 9.17) is 25.8 Å². The molecular weight excluding hydrogens is 344 g/mol. The first-order valence-corrected chi connectivity index (χ1v) is 7.94. The Morgan fingerprint density at radius 1 is 1.12 bits per heavy atom. The molecule has 0 unspecified atom stereocenters. The van der Waals surface area contributed by atoms with Gasteiger partial charge in [-0.2, -0.15) is 5.10 Å². The van der Waals surface area contributed by atoms with Gasteiger partial charge in [-0.1, -0.05) is 11.6 Å². The van der Waals surface area contributed by atoms with Crippen LogP contribution in [0, 0.1) is 0 Å². The van der Waals surface area contributed by atoms with Crippen LogP contribution in [0.25, 0.3) is 0 Å². The first-order valence-electron chi connectivity index (χ1n) is 7.56. The largest absolute Gasteiger partial charge is 0.493 e. The minimum Gasteiger partial charge on any atom is -0.493 e. The molecule has 0 aromatic heterocycles. The fourth-order valence-electron chi connectivity index (χ4n) is 2.08. The Morgan fingerprint density at radius 2 is 1.84 bits per heavy atom. The van der Waals surface area contributed by atoms with Crippen molar-refractivity contribution >= 4 is 23.7 Å². The van der Waals surface area contributed by atoms with Gasteiger partial charge in [-0.3, -0.25) is 4.79 Å². The number of amides is 1. The molecule has 2 aromatic rings. The molecule has 0 fully saturated rings. The van der Waals surface area contributed by atoms with Crippen LogP contribution in [0.4, 0.5) is 0 Å². The predicted molar refractivity (Wildman–Crippen MR) is 97.2 cm³/mol. The molecule has 2 aromatic carbocycles. The summed E-state index contributed by atoms with van der Waals surface area (Å²) in [6.45, 7) is 2.42. The molecule has 6 nitrogen and oxygen atoms in total. The number of nitrogens with zero attached hydrogens (tertiary/aromatic N) is 1. The van der Waals surface area contributed by atoms with Gasteiger partial charge >= 0.3 is 0 Å². The molecule has 132 valence electrons. The van der Waals surface area contributed by atoms with Crippen LogP contribution in [0.1, 0.15) is 22.8 Å². The van der Waals surface area contributed by atoms with Crippen LogP contribution in [-0.2, 0) is 0 Å². The molecule has 0 atom stereocenters. The molecule has 1 amide bonds. The first-order chi connectivity index (χ1) is 12.1. The maximum absolute atomic E-state index is 12.1. The van der Waals surface area contributed by atoms with Crippen LogP contribution in [0.3, 0.4) is 0 Å². The van der Waals surface area contributed by atoms with Gasteiger partial charge in [0.05, 0.1) is 32.1 Å². The maximum Gasteiger partial charge on any atom is 0.271 e. The SMILES string of the molecule is CCOc1ccc(/C=N/NC(=O)c2ccc(OC)c(OC)c2)cc1Cl. The van der Waals surface area contributed by atoms with Crippen LogP contribution in [0.2, 0.25) is 5.02 Å². The maximum atomic E-state index is 12.1. The van der Waals surface area contributed by atoms with Crippen molar-refractivity contribution in [1.82, 2.24) is 5.43 Å². The van der Waals surface area contributed by atoms with Crippen molar-refractivity contribution in [3.05, 3.63) is 52.5 Å². The molecule has 0 aliphatic carbocycles. The van der Waals surface area contributed by atoms with E-state index in [1.165, 1.54) is 20.4 Å². The number of hydrazone groups is 1. The van der Waals surface area contributed by atoms with Crippen molar-refractivity contribution in [2.75, 3.05) is 20.8 Å². The van der Waals surface area contributed by atoms with Gasteiger partial charge in [0.15, 0.2) is 11.5 Å². The van der Waals surface area contributed by atoms with E-state index in [1.54, 1.807) is 36.4 Å². The first kappa shape index (κ1) is 18.6. The molecule has 7 heteroatoms. The number of benzene rings is 2. The van der Waals surface area contributed by atoms with Crippen LogP contribution < -0.4 is 19.6 Å². The van der Waals surface area contributed by atoms with Crippen molar-refractivity contribution in [2.45, 2.75) is 6.92 Å². The number of ether oxygens (including phenoxy) is 3. The van der Waals surface area contributed by atoms with E-state index in [1.807, 2.05) is 6.92 Å². The highest BCUT2D eigenvalue weighted by molar-refractivity contribution is 6.32. The zero-order valence-electron chi connectivity index (χ0n) is 14.2. The Hall–Kier alpha value is -2.73. The lowest BCUT2D eigenvalue weighted by Gasteiger charge is -2.08. The molecule has 2 rings (SSSR count). The molecule has 1 N–H and O–H groups in total. The average Bonchev–Trinajstić information content (AvgIpc) is 2.63. The van der Waals surface area contributed by atoms with E-state index in [2.05, 4.69) is 10.5 Å². The third kappa shape index (κ3) is 4.87. The van der Waals surface area contributed by atoms with Crippen LogP contribution in [0.15, 0.2) is 41.5 Å². The number of carbonyl (C=O) groups excluding carboxylic acids is 1. The van der Waals surface area contributed by atoms with Gasteiger partial charge in [-0.05, 0) is 48.9 Å². The highest BCUT2D eigenvalue weighted by atomic mass is 35.5. The summed E-state index contributed by atoms with van der Waals surface area (Å²) in [5.74, 6) is 1.26. The highest BCUT2D eigenvalue weighted by Gasteiger charge is 2.10. The quantitative estimate of drug-likeness (QED) is 0.604. The molecule has 25 heavy (non-hydrogen) atoms. The van der Waals surface area contributed by atoms with Gasteiger partial charge in [-0.25, -0.2) is 5.43 Å². The molecule has 0 aliphatic rings. The summed E-state index contributed by atoms with van der Waals surface area (Å²) in [5, 5.41) is 4.42. The second-order valence-electron chi connectivity index (χ2n) is 4.89. The zero-order chi connectivity index (χ0) is 18.2. The number of methoxy groups -OCH3 is 2. The van der Waals surface area contributed by atoms with Crippen molar-refractivity contribution in [1.29, 1.82) is 0 Å². The molecule has 0 saturated carbocycles. The van der Waals surface area contributed by atoms with E-state index >= 15 is 0 Å². The van der Waals surface area contributed by atoms with E-state index in [0.29, 0.717) is 34.4 Å². The van der Waals surface area contributed by atoms with Crippen molar-refractivity contribution in [3.8, 4) is 17.2 Å². The molecule has 0 radical (unpaired) electrons.